The SMILES string of the molecule is O=C(C#CBr)N1C(=O)CC2CCCCC21. The van der Waals surface area contributed by atoms with Crippen molar-refractivity contribution in [3.05, 3.63) is 0 Å². The summed E-state index contributed by atoms with van der Waals surface area (Å²) < 4.78 is 0. The van der Waals surface area contributed by atoms with Gasteiger partial charge in [-0.2, -0.15) is 0 Å². The Morgan fingerprint density at radius 2 is 2.13 bits per heavy atom. The molecule has 2 rings (SSSR count). The number of amides is 2. The first-order valence-electron chi connectivity index (χ1n) is 5.21. The second-order valence-corrected chi connectivity index (χ2v) is 4.50. The Hall–Kier alpha value is -0.820. The lowest BCUT2D eigenvalue weighted by Gasteiger charge is -2.28. The highest BCUT2D eigenvalue weighted by atomic mass is 79.9. The van der Waals surface area contributed by atoms with Crippen molar-refractivity contribution in [3.8, 4) is 10.8 Å². The second kappa shape index (κ2) is 4.36. The summed E-state index contributed by atoms with van der Waals surface area (Å²) in [7, 11) is 0. The number of fused-ring (bicyclic) bond motifs is 1. The summed E-state index contributed by atoms with van der Waals surface area (Å²) in [6.07, 6.45) is 4.84. The number of nitrogens with zero attached hydrogens (tertiary/aromatic N) is 1. The molecule has 3 nitrogen and oxygen atoms in total. The molecule has 1 saturated carbocycles. The zero-order valence-electron chi connectivity index (χ0n) is 8.33. The van der Waals surface area contributed by atoms with Crippen molar-refractivity contribution in [2.45, 2.75) is 38.1 Å². The number of likely N-dealkylation sites (tertiary alicyclic amines) is 1. The van der Waals surface area contributed by atoms with E-state index in [0.717, 1.165) is 19.3 Å². The predicted octanol–water partition coefficient (Wildman–Crippen LogP) is 1.66. The number of imide groups is 1. The average molecular weight is 270 g/mol. The molecule has 1 aliphatic carbocycles. The molecule has 2 unspecified atom stereocenters. The van der Waals surface area contributed by atoms with Gasteiger partial charge in [-0.15, -0.1) is 0 Å². The van der Waals surface area contributed by atoms with Gasteiger partial charge in [0, 0.05) is 34.3 Å². The van der Waals surface area contributed by atoms with Crippen LogP contribution in [0.1, 0.15) is 32.1 Å². The fraction of sp³-hybridized carbons (Fsp3) is 0.636. The number of hydrogen-bond donors (Lipinski definition) is 0. The maximum Gasteiger partial charge on any atom is 0.306 e. The van der Waals surface area contributed by atoms with E-state index in [4.69, 9.17) is 0 Å². The van der Waals surface area contributed by atoms with Crippen LogP contribution in [-0.4, -0.2) is 22.8 Å². The summed E-state index contributed by atoms with van der Waals surface area (Å²) in [6.45, 7) is 0. The van der Waals surface area contributed by atoms with E-state index < -0.39 is 0 Å². The molecule has 0 aromatic heterocycles. The van der Waals surface area contributed by atoms with E-state index in [2.05, 4.69) is 26.7 Å². The summed E-state index contributed by atoms with van der Waals surface area (Å²) in [4.78, 5) is 27.0. The van der Waals surface area contributed by atoms with Crippen LogP contribution in [0.4, 0.5) is 0 Å². The minimum absolute atomic E-state index is 0.0489. The van der Waals surface area contributed by atoms with Crippen LogP contribution in [0.5, 0.6) is 0 Å². The third-order valence-corrected chi connectivity index (χ3v) is 3.48. The largest absolute Gasteiger partial charge is 0.306 e. The number of rotatable bonds is 0. The van der Waals surface area contributed by atoms with Crippen LogP contribution in [0.2, 0.25) is 0 Å². The molecule has 0 aromatic rings. The smallest absolute Gasteiger partial charge is 0.274 e. The van der Waals surface area contributed by atoms with Gasteiger partial charge in [0.05, 0.1) is 0 Å². The Bertz CT molecular complexity index is 355. The topological polar surface area (TPSA) is 37.4 Å². The van der Waals surface area contributed by atoms with E-state index in [-0.39, 0.29) is 17.9 Å². The third-order valence-electron chi connectivity index (χ3n) is 3.28. The third kappa shape index (κ3) is 1.93. The molecule has 2 atom stereocenters. The molecule has 15 heavy (non-hydrogen) atoms. The van der Waals surface area contributed by atoms with Crippen molar-refractivity contribution in [2.75, 3.05) is 0 Å². The Kier molecular flexibility index (Phi) is 3.11. The molecule has 80 valence electrons. The van der Waals surface area contributed by atoms with Gasteiger partial charge in [-0.05, 0) is 23.6 Å². The normalized spacial score (nSPS) is 29.4. The van der Waals surface area contributed by atoms with E-state index in [9.17, 15) is 9.59 Å². The summed E-state index contributed by atoms with van der Waals surface area (Å²) >= 11 is 2.89. The maximum atomic E-state index is 11.7. The van der Waals surface area contributed by atoms with E-state index >= 15 is 0 Å². The number of carbonyl (C=O) groups excluding carboxylic acids is 2. The van der Waals surface area contributed by atoms with Gasteiger partial charge in [0.15, 0.2) is 0 Å². The maximum absolute atomic E-state index is 11.7. The summed E-state index contributed by atoms with van der Waals surface area (Å²) in [5, 5.41) is 0. The van der Waals surface area contributed by atoms with Crippen molar-refractivity contribution >= 4 is 27.7 Å². The van der Waals surface area contributed by atoms with Gasteiger partial charge < -0.3 is 0 Å². The molecule has 1 saturated heterocycles. The zero-order chi connectivity index (χ0) is 10.8. The quantitative estimate of drug-likeness (QED) is 0.628. The van der Waals surface area contributed by atoms with E-state index in [1.165, 1.54) is 11.3 Å². The van der Waals surface area contributed by atoms with Crippen molar-refractivity contribution in [1.29, 1.82) is 0 Å². The van der Waals surface area contributed by atoms with Crippen molar-refractivity contribution in [1.82, 2.24) is 4.90 Å². The lowest BCUT2D eigenvalue weighted by atomic mass is 9.85. The van der Waals surface area contributed by atoms with Crippen molar-refractivity contribution < 1.29 is 9.59 Å². The van der Waals surface area contributed by atoms with Gasteiger partial charge in [-0.1, -0.05) is 12.8 Å². The molecule has 2 amide bonds. The van der Waals surface area contributed by atoms with Gasteiger partial charge in [0.2, 0.25) is 5.91 Å². The van der Waals surface area contributed by atoms with Crippen LogP contribution in [0.25, 0.3) is 0 Å². The van der Waals surface area contributed by atoms with Crippen LogP contribution >= 0.6 is 15.9 Å². The van der Waals surface area contributed by atoms with Gasteiger partial charge in [-0.3, -0.25) is 14.5 Å². The zero-order valence-corrected chi connectivity index (χ0v) is 9.92. The molecule has 0 bridgehead atoms. The second-order valence-electron chi connectivity index (χ2n) is 4.10. The van der Waals surface area contributed by atoms with Crippen LogP contribution in [0, 0.1) is 16.7 Å². The predicted molar refractivity (Wildman–Crippen MR) is 58.9 cm³/mol. The molecule has 4 heteroatoms. The first kappa shape index (κ1) is 10.7. The van der Waals surface area contributed by atoms with Gasteiger partial charge in [0.1, 0.15) is 0 Å². The fourth-order valence-corrected chi connectivity index (χ4v) is 2.81. The van der Waals surface area contributed by atoms with Gasteiger partial charge >= 0.3 is 5.91 Å². The van der Waals surface area contributed by atoms with Gasteiger partial charge in [0.25, 0.3) is 0 Å². The fourth-order valence-electron chi connectivity index (χ4n) is 2.64. The van der Waals surface area contributed by atoms with Crippen LogP contribution in [0.15, 0.2) is 0 Å². The highest BCUT2D eigenvalue weighted by Gasteiger charge is 2.43. The molecule has 2 aliphatic rings. The van der Waals surface area contributed by atoms with Gasteiger partial charge in [-0.25, -0.2) is 0 Å². The summed E-state index contributed by atoms with van der Waals surface area (Å²) in [5.41, 5.74) is 0. The Balaban J connectivity index is 2.18. The van der Waals surface area contributed by atoms with E-state index in [0.29, 0.717) is 12.3 Å². The summed E-state index contributed by atoms with van der Waals surface area (Å²) in [5.74, 6) is 2.36. The van der Waals surface area contributed by atoms with Crippen LogP contribution in [0.3, 0.4) is 0 Å². The molecular formula is C11H12BrNO2. The first-order valence-corrected chi connectivity index (χ1v) is 6.01. The minimum Gasteiger partial charge on any atom is -0.274 e. The standard InChI is InChI=1S/C11H12BrNO2/c12-6-5-10(14)13-9-4-2-1-3-8(9)7-11(13)15/h8-9H,1-4,7H2. The number of halogens is 1. The molecule has 1 aliphatic heterocycles. The van der Waals surface area contributed by atoms with E-state index in [1.54, 1.807) is 0 Å². The van der Waals surface area contributed by atoms with Crippen molar-refractivity contribution in [3.63, 3.8) is 0 Å². The molecule has 2 fully saturated rings. The highest BCUT2D eigenvalue weighted by Crippen LogP contribution is 2.36. The van der Waals surface area contributed by atoms with Crippen LogP contribution in [-0.2, 0) is 9.59 Å². The first-order chi connectivity index (χ1) is 7.24. The molecule has 0 radical (unpaired) electrons. The van der Waals surface area contributed by atoms with Crippen LogP contribution < -0.4 is 0 Å². The minimum atomic E-state index is -0.355. The lowest BCUT2D eigenvalue weighted by molar-refractivity contribution is -0.140. The lowest BCUT2D eigenvalue weighted by Crippen LogP contribution is -2.40. The molecule has 1 heterocycles. The molecule has 0 aromatic carbocycles. The summed E-state index contributed by atoms with van der Waals surface area (Å²) in [6, 6.07) is 0.118. The monoisotopic (exact) mass is 269 g/mol. The molecule has 0 N–H and O–H groups in total. The number of hydrogen-bond acceptors (Lipinski definition) is 2. The highest BCUT2D eigenvalue weighted by molar-refractivity contribution is 9.12. The molecular weight excluding hydrogens is 258 g/mol. The average Bonchev–Trinajstić information content (AvgIpc) is 2.54. The Labute approximate surface area is 97.3 Å². The van der Waals surface area contributed by atoms with Crippen molar-refractivity contribution in [2.24, 2.45) is 5.92 Å². The molecule has 0 spiro atoms. The van der Waals surface area contributed by atoms with E-state index in [1.807, 2.05) is 0 Å². The Morgan fingerprint density at radius 1 is 1.40 bits per heavy atom. The number of carbonyl (C=O) groups is 2. The Morgan fingerprint density at radius 3 is 2.87 bits per heavy atom.